The summed E-state index contributed by atoms with van der Waals surface area (Å²) in [6.45, 7) is 0. The number of sulfonamides is 1. The fraction of sp³-hybridized carbons (Fsp3) is 0.133. The maximum atomic E-state index is 14.1. The van der Waals surface area contributed by atoms with Gasteiger partial charge in [-0.3, -0.25) is 4.79 Å². The van der Waals surface area contributed by atoms with Crippen LogP contribution in [0.4, 0.5) is 22.0 Å². The van der Waals surface area contributed by atoms with E-state index in [0.29, 0.717) is 12.3 Å². The molecule has 0 aliphatic heterocycles. The number of benzene rings is 2. The Morgan fingerprint density at radius 2 is 1.74 bits per heavy atom. The number of hydrogen-bond donors (Lipinski definition) is 1. The van der Waals surface area contributed by atoms with Gasteiger partial charge in [0.1, 0.15) is 5.75 Å². The van der Waals surface area contributed by atoms with E-state index in [2.05, 4.69) is 0 Å². The molecule has 0 bridgehead atoms. The second kappa shape index (κ2) is 7.31. The molecule has 2 rings (SSSR count). The van der Waals surface area contributed by atoms with Gasteiger partial charge in [0.2, 0.25) is 15.8 Å². The van der Waals surface area contributed by atoms with Crippen LogP contribution in [0.15, 0.2) is 30.3 Å². The number of carbonyl (C=O) groups is 1. The number of ether oxygens (including phenoxy) is 1. The standard InChI is InChI=1S/C15H9ClF5NO4S/c1-27(24,25)22-14(23)8-3-5-11(13(18)12(8)17)26-7-2-4-10(16)9(6-7)15(19,20)21/h2-6H,1H3,(H,22,23). The predicted molar refractivity (Wildman–Crippen MR) is 85.2 cm³/mol. The van der Waals surface area contributed by atoms with Gasteiger partial charge in [-0.1, -0.05) is 11.6 Å². The average molecular weight is 430 g/mol. The van der Waals surface area contributed by atoms with Crippen molar-refractivity contribution >= 4 is 27.5 Å². The second-order valence-corrected chi connectivity index (χ2v) is 7.34. The van der Waals surface area contributed by atoms with Gasteiger partial charge < -0.3 is 4.74 Å². The van der Waals surface area contributed by atoms with Crippen molar-refractivity contribution in [2.45, 2.75) is 6.18 Å². The lowest BCUT2D eigenvalue weighted by molar-refractivity contribution is -0.137. The smallest absolute Gasteiger partial charge is 0.417 e. The van der Waals surface area contributed by atoms with Crippen LogP contribution in [0.2, 0.25) is 5.02 Å². The van der Waals surface area contributed by atoms with Crippen molar-refractivity contribution in [2.75, 3.05) is 6.26 Å². The maximum Gasteiger partial charge on any atom is 0.417 e. The molecule has 0 aliphatic rings. The van der Waals surface area contributed by atoms with Crippen LogP contribution in [-0.2, 0) is 16.2 Å². The minimum absolute atomic E-state index is 0.488. The molecule has 0 aromatic heterocycles. The van der Waals surface area contributed by atoms with Crippen LogP contribution >= 0.6 is 11.6 Å². The van der Waals surface area contributed by atoms with Crippen LogP contribution in [0.3, 0.4) is 0 Å². The van der Waals surface area contributed by atoms with Crippen LogP contribution in [0.1, 0.15) is 15.9 Å². The molecular formula is C15H9ClF5NO4S. The van der Waals surface area contributed by atoms with Gasteiger partial charge in [-0.15, -0.1) is 0 Å². The van der Waals surface area contributed by atoms with E-state index in [1.807, 2.05) is 0 Å². The molecule has 0 radical (unpaired) electrons. The third-order valence-electron chi connectivity index (χ3n) is 3.04. The predicted octanol–water partition coefficient (Wildman–Crippen LogP) is 4.12. The van der Waals surface area contributed by atoms with Crippen molar-refractivity contribution in [3.8, 4) is 11.5 Å². The largest absolute Gasteiger partial charge is 0.454 e. The van der Waals surface area contributed by atoms with Crippen LogP contribution in [0.5, 0.6) is 11.5 Å². The first-order chi connectivity index (χ1) is 12.3. The van der Waals surface area contributed by atoms with Gasteiger partial charge in [-0.2, -0.15) is 17.6 Å². The summed E-state index contributed by atoms with van der Waals surface area (Å²) in [6.07, 6.45) is -4.16. The summed E-state index contributed by atoms with van der Waals surface area (Å²) in [7, 11) is -4.02. The molecule has 0 fully saturated rings. The van der Waals surface area contributed by atoms with Crippen LogP contribution < -0.4 is 9.46 Å². The number of nitrogens with one attached hydrogen (secondary N) is 1. The summed E-state index contributed by atoms with van der Waals surface area (Å²) in [5.74, 6) is -6.16. The molecule has 0 heterocycles. The molecule has 5 nitrogen and oxygen atoms in total. The molecule has 0 saturated heterocycles. The van der Waals surface area contributed by atoms with Crippen molar-refractivity contribution in [2.24, 2.45) is 0 Å². The third-order valence-corrected chi connectivity index (χ3v) is 3.93. The second-order valence-electron chi connectivity index (χ2n) is 5.18. The number of alkyl halides is 3. The van der Waals surface area contributed by atoms with E-state index in [-0.39, 0.29) is 0 Å². The first-order valence-corrected chi connectivity index (χ1v) is 9.11. The van der Waals surface area contributed by atoms with Gasteiger partial charge in [0.05, 0.1) is 22.4 Å². The van der Waals surface area contributed by atoms with E-state index < -0.39 is 61.4 Å². The quantitative estimate of drug-likeness (QED) is 0.742. The van der Waals surface area contributed by atoms with Gasteiger partial charge in [0.15, 0.2) is 11.6 Å². The fourth-order valence-corrected chi connectivity index (χ4v) is 2.59. The van der Waals surface area contributed by atoms with Gasteiger partial charge in [0, 0.05) is 0 Å². The number of halogens is 6. The zero-order valence-electron chi connectivity index (χ0n) is 13.2. The number of carbonyl (C=O) groups excluding carboxylic acids is 1. The lowest BCUT2D eigenvalue weighted by Gasteiger charge is -2.13. The highest BCUT2D eigenvalue weighted by atomic mass is 35.5. The topological polar surface area (TPSA) is 72.5 Å². The lowest BCUT2D eigenvalue weighted by atomic mass is 10.1. The van der Waals surface area contributed by atoms with Crippen molar-refractivity contribution in [3.05, 3.63) is 58.1 Å². The maximum absolute atomic E-state index is 14.1. The Hall–Kier alpha value is -2.40. The fourth-order valence-electron chi connectivity index (χ4n) is 1.92. The minimum atomic E-state index is -4.80. The van der Waals surface area contributed by atoms with Crippen molar-refractivity contribution in [3.63, 3.8) is 0 Å². The first-order valence-electron chi connectivity index (χ1n) is 6.84. The normalized spacial score (nSPS) is 12.0. The molecule has 1 amide bonds. The summed E-state index contributed by atoms with van der Waals surface area (Å²) in [6, 6.07) is 3.83. The number of hydrogen-bond acceptors (Lipinski definition) is 4. The zero-order chi connectivity index (χ0) is 20.6. The Labute approximate surface area is 154 Å². The van der Waals surface area contributed by atoms with E-state index in [4.69, 9.17) is 16.3 Å². The molecular weight excluding hydrogens is 421 g/mol. The molecule has 2 aromatic carbocycles. The summed E-state index contributed by atoms with van der Waals surface area (Å²) >= 11 is 5.45. The molecule has 27 heavy (non-hydrogen) atoms. The number of amides is 1. The summed E-state index contributed by atoms with van der Waals surface area (Å²) in [5, 5.41) is -0.616. The van der Waals surface area contributed by atoms with E-state index in [1.165, 1.54) is 4.72 Å². The summed E-state index contributed by atoms with van der Waals surface area (Å²) < 4.78 is 94.9. The Morgan fingerprint density at radius 3 is 2.30 bits per heavy atom. The molecule has 2 aromatic rings. The number of rotatable bonds is 4. The van der Waals surface area contributed by atoms with E-state index in [9.17, 15) is 35.2 Å². The molecule has 0 unspecified atom stereocenters. The molecule has 0 saturated carbocycles. The molecule has 0 atom stereocenters. The molecule has 12 heteroatoms. The monoisotopic (exact) mass is 429 g/mol. The van der Waals surface area contributed by atoms with Gasteiger partial charge in [-0.05, 0) is 30.3 Å². The Bertz CT molecular complexity index is 1010. The van der Waals surface area contributed by atoms with Crippen molar-refractivity contribution < 1.29 is 39.9 Å². The van der Waals surface area contributed by atoms with Crippen molar-refractivity contribution in [1.82, 2.24) is 4.72 Å². The summed E-state index contributed by atoms with van der Waals surface area (Å²) in [5.41, 5.74) is -2.18. The third kappa shape index (κ3) is 5.07. The highest BCUT2D eigenvalue weighted by Crippen LogP contribution is 2.38. The van der Waals surface area contributed by atoms with Crippen LogP contribution in [0.25, 0.3) is 0 Å². The Morgan fingerprint density at radius 1 is 1.11 bits per heavy atom. The van der Waals surface area contributed by atoms with Gasteiger partial charge in [0.25, 0.3) is 5.91 Å². The Kier molecular flexibility index (Phi) is 5.66. The molecule has 0 spiro atoms. The highest BCUT2D eigenvalue weighted by Gasteiger charge is 2.33. The first kappa shape index (κ1) is 20.9. The minimum Gasteiger partial charge on any atom is -0.454 e. The van der Waals surface area contributed by atoms with Gasteiger partial charge in [-0.25, -0.2) is 17.5 Å². The van der Waals surface area contributed by atoms with Crippen LogP contribution in [0, 0.1) is 11.6 Å². The van der Waals surface area contributed by atoms with E-state index >= 15 is 0 Å². The zero-order valence-corrected chi connectivity index (χ0v) is 14.8. The molecule has 146 valence electrons. The Balaban J connectivity index is 2.37. The lowest BCUT2D eigenvalue weighted by Crippen LogP contribution is -2.30. The van der Waals surface area contributed by atoms with E-state index in [0.717, 1.165) is 24.3 Å². The highest BCUT2D eigenvalue weighted by molar-refractivity contribution is 7.89. The SMILES string of the molecule is CS(=O)(=O)NC(=O)c1ccc(Oc2ccc(Cl)c(C(F)(F)F)c2)c(F)c1F. The average Bonchev–Trinajstić information content (AvgIpc) is 2.50. The molecule has 0 aliphatic carbocycles. The van der Waals surface area contributed by atoms with Crippen molar-refractivity contribution in [1.29, 1.82) is 0 Å². The summed E-state index contributed by atoms with van der Waals surface area (Å²) in [4.78, 5) is 11.6. The van der Waals surface area contributed by atoms with E-state index in [1.54, 1.807) is 0 Å². The molecule has 1 N–H and O–H groups in total. The van der Waals surface area contributed by atoms with Crippen LogP contribution in [-0.4, -0.2) is 20.6 Å². The van der Waals surface area contributed by atoms with Gasteiger partial charge >= 0.3 is 6.18 Å².